The van der Waals surface area contributed by atoms with Gasteiger partial charge in [0.05, 0.1) is 24.9 Å². The molecule has 0 saturated carbocycles. The zero-order valence-electron chi connectivity index (χ0n) is 12.8. The molecule has 0 aliphatic carbocycles. The molecule has 3 rings (SSSR count). The summed E-state index contributed by atoms with van der Waals surface area (Å²) in [7, 11) is 1.43. The third-order valence-electron chi connectivity index (χ3n) is 3.48. The summed E-state index contributed by atoms with van der Waals surface area (Å²) in [5, 5.41) is -0.0423. The second kappa shape index (κ2) is 6.42. The van der Waals surface area contributed by atoms with Gasteiger partial charge >= 0.3 is 0 Å². The third-order valence-corrected chi connectivity index (χ3v) is 3.86. The predicted molar refractivity (Wildman–Crippen MR) is 90.4 cm³/mol. The topological polar surface area (TPSA) is 61.7 Å². The van der Waals surface area contributed by atoms with Crippen molar-refractivity contribution in [3.05, 3.63) is 58.5 Å². The van der Waals surface area contributed by atoms with E-state index in [-0.39, 0.29) is 17.1 Å². The van der Waals surface area contributed by atoms with Gasteiger partial charge in [-0.15, -0.1) is 0 Å². The standard InChI is InChI=1S/C17H10ClF2N3O2/c1-22-12-5-8-11(7-14(12)24-2)23-4-3-13(8)25-17-9(19)6-10(21)15(18)16(17)20/h3-7H,21H2,2H3. The van der Waals surface area contributed by atoms with Crippen LogP contribution in [0.25, 0.3) is 15.7 Å². The lowest BCUT2D eigenvalue weighted by Gasteiger charge is -2.13. The molecular weight excluding hydrogens is 352 g/mol. The molecule has 0 unspecified atom stereocenters. The Bertz CT molecular complexity index is 1030. The summed E-state index contributed by atoms with van der Waals surface area (Å²) in [6.07, 6.45) is 1.41. The molecule has 1 heterocycles. The number of hydrogen-bond donors (Lipinski definition) is 1. The van der Waals surface area contributed by atoms with Gasteiger partial charge in [0.25, 0.3) is 0 Å². The molecule has 5 nitrogen and oxygen atoms in total. The highest BCUT2D eigenvalue weighted by molar-refractivity contribution is 6.33. The van der Waals surface area contributed by atoms with Crippen LogP contribution >= 0.6 is 11.6 Å². The first kappa shape index (κ1) is 16.7. The molecule has 3 aromatic rings. The van der Waals surface area contributed by atoms with Crippen molar-refractivity contribution < 1.29 is 18.3 Å². The molecule has 25 heavy (non-hydrogen) atoms. The zero-order chi connectivity index (χ0) is 18.1. The Morgan fingerprint density at radius 2 is 2.00 bits per heavy atom. The first-order valence-electron chi connectivity index (χ1n) is 6.91. The van der Waals surface area contributed by atoms with Crippen LogP contribution in [0.4, 0.5) is 20.2 Å². The number of rotatable bonds is 3. The average Bonchev–Trinajstić information content (AvgIpc) is 2.62. The van der Waals surface area contributed by atoms with Crippen molar-refractivity contribution in [2.45, 2.75) is 0 Å². The van der Waals surface area contributed by atoms with Crippen LogP contribution in [0.15, 0.2) is 30.5 Å². The number of pyridine rings is 1. The van der Waals surface area contributed by atoms with Gasteiger partial charge in [0, 0.05) is 17.6 Å². The number of nitrogen functional groups attached to an aromatic ring is 1. The van der Waals surface area contributed by atoms with Gasteiger partial charge in [0.15, 0.2) is 17.4 Å². The van der Waals surface area contributed by atoms with Gasteiger partial charge in [0.2, 0.25) is 5.69 Å². The molecular formula is C17H10ClF2N3O2. The van der Waals surface area contributed by atoms with E-state index >= 15 is 0 Å². The molecule has 0 amide bonds. The lowest BCUT2D eigenvalue weighted by molar-refractivity contribution is 0.410. The third kappa shape index (κ3) is 2.88. The summed E-state index contributed by atoms with van der Waals surface area (Å²) in [5.41, 5.74) is 5.83. The molecule has 0 atom stereocenters. The molecule has 0 saturated heterocycles. The Labute approximate surface area is 146 Å². The molecule has 126 valence electrons. The molecule has 0 spiro atoms. The number of nitrogens with zero attached hydrogens (tertiary/aromatic N) is 2. The number of halogens is 3. The summed E-state index contributed by atoms with van der Waals surface area (Å²) >= 11 is 5.71. The number of fused-ring (bicyclic) bond motifs is 1. The average molecular weight is 362 g/mol. The van der Waals surface area contributed by atoms with Crippen LogP contribution in [0, 0.1) is 18.2 Å². The van der Waals surface area contributed by atoms with Crippen molar-refractivity contribution in [2.75, 3.05) is 12.8 Å². The number of aromatic nitrogens is 1. The fourth-order valence-electron chi connectivity index (χ4n) is 2.28. The van der Waals surface area contributed by atoms with E-state index in [4.69, 9.17) is 33.4 Å². The second-order valence-electron chi connectivity index (χ2n) is 4.97. The Hall–Kier alpha value is -3.11. The Morgan fingerprint density at radius 1 is 1.24 bits per heavy atom. The minimum Gasteiger partial charge on any atom is -0.508 e. The number of anilines is 1. The number of methoxy groups -OCH3 is 1. The van der Waals surface area contributed by atoms with E-state index in [0.29, 0.717) is 16.7 Å². The van der Waals surface area contributed by atoms with Gasteiger partial charge in [0.1, 0.15) is 16.5 Å². The second-order valence-corrected chi connectivity index (χ2v) is 5.35. The maximum Gasteiger partial charge on any atom is 0.228 e. The lowest BCUT2D eigenvalue weighted by atomic mass is 10.1. The first-order chi connectivity index (χ1) is 12.0. The van der Waals surface area contributed by atoms with Gasteiger partial charge in [-0.2, -0.15) is 0 Å². The van der Waals surface area contributed by atoms with Crippen LogP contribution in [0.2, 0.25) is 5.02 Å². The molecule has 0 radical (unpaired) electrons. The largest absolute Gasteiger partial charge is 0.508 e. The van der Waals surface area contributed by atoms with Gasteiger partial charge in [-0.1, -0.05) is 11.6 Å². The minimum absolute atomic E-state index is 0.108. The van der Waals surface area contributed by atoms with E-state index < -0.39 is 22.4 Å². The highest BCUT2D eigenvalue weighted by atomic mass is 35.5. The van der Waals surface area contributed by atoms with Crippen molar-refractivity contribution in [3.63, 3.8) is 0 Å². The SMILES string of the molecule is [C-]#[N+]c1cc2c(Oc3c(F)cc(N)c(Cl)c3F)ccnc2cc1OC. The molecule has 0 fully saturated rings. The number of nitrogens with two attached hydrogens (primary N) is 1. The molecule has 0 aliphatic heterocycles. The van der Waals surface area contributed by atoms with Gasteiger partial charge in [-0.3, -0.25) is 4.98 Å². The van der Waals surface area contributed by atoms with E-state index in [1.807, 2.05) is 0 Å². The number of ether oxygens (including phenoxy) is 2. The molecule has 0 bridgehead atoms. The lowest BCUT2D eigenvalue weighted by Crippen LogP contribution is -1.98. The minimum atomic E-state index is -1.11. The maximum absolute atomic E-state index is 14.2. The smallest absolute Gasteiger partial charge is 0.228 e. The highest BCUT2D eigenvalue weighted by Crippen LogP contribution is 2.40. The van der Waals surface area contributed by atoms with Crippen LogP contribution in [0.3, 0.4) is 0 Å². The fraction of sp³-hybridized carbons (Fsp3) is 0.0588. The monoisotopic (exact) mass is 361 g/mol. The Morgan fingerprint density at radius 3 is 2.68 bits per heavy atom. The van der Waals surface area contributed by atoms with E-state index in [1.54, 1.807) is 0 Å². The molecule has 0 aliphatic rings. The van der Waals surface area contributed by atoms with Crippen LogP contribution in [-0.2, 0) is 0 Å². The normalized spacial score (nSPS) is 10.5. The number of benzene rings is 2. The van der Waals surface area contributed by atoms with Gasteiger partial charge in [-0.05, 0) is 18.2 Å². The van der Waals surface area contributed by atoms with Crippen LogP contribution in [0.1, 0.15) is 0 Å². The van der Waals surface area contributed by atoms with Crippen molar-refractivity contribution in [1.82, 2.24) is 4.98 Å². The summed E-state index contributed by atoms with van der Waals surface area (Å²) in [5.74, 6) is -2.35. The predicted octanol–water partition coefficient (Wildman–Crippen LogP) is 5.10. The highest BCUT2D eigenvalue weighted by Gasteiger charge is 2.20. The summed E-state index contributed by atoms with van der Waals surface area (Å²) in [4.78, 5) is 7.50. The molecule has 2 aromatic carbocycles. The molecule has 1 aromatic heterocycles. The van der Waals surface area contributed by atoms with Crippen LogP contribution < -0.4 is 15.2 Å². The summed E-state index contributed by atoms with van der Waals surface area (Å²) in [6, 6.07) is 5.31. The van der Waals surface area contributed by atoms with Crippen molar-refractivity contribution in [2.24, 2.45) is 0 Å². The van der Waals surface area contributed by atoms with E-state index in [2.05, 4.69) is 9.83 Å². The molecule has 8 heteroatoms. The Kier molecular flexibility index (Phi) is 4.30. The molecule has 2 N–H and O–H groups in total. The van der Waals surface area contributed by atoms with Crippen molar-refractivity contribution in [1.29, 1.82) is 0 Å². The fourth-order valence-corrected chi connectivity index (χ4v) is 2.42. The van der Waals surface area contributed by atoms with Crippen molar-refractivity contribution in [3.8, 4) is 17.2 Å². The van der Waals surface area contributed by atoms with E-state index in [0.717, 1.165) is 6.07 Å². The van der Waals surface area contributed by atoms with Gasteiger partial charge in [-0.25, -0.2) is 13.6 Å². The first-order valence-corrected chi connectivity index (χ1v) is 7.29. The van der Waals surface area contributed by atoms with E-state index in [9.17, 15) is 8.78 Å². The Balaban J connectivity index is 2.18. The maximum atomic E-state index is 14.2. The number of hydrogen-bond acceptors (Lipinski definition) is 4. The summed E-state index contributed by atoms with van der Waals surface area (Å²) < 4.78 is 38.8. The van der Waals surface area contributed by atoms with Crippen molar-refractivity contribution >= 4 is 33.9 Å². The van der Waals surface area contributed by atoms with Gasteiger partial charge < -0.3 is 15.2 Å². The zero-order valence-corrected chi connectivity index (χ0v) is 13.6. The summed E-state index contributed by atoms with van der Waals surface area (Å²) in [6.45, 7) is 7.21. The van der Waals surface area contributed by atoms with E-state index in [1.165, 1.54) is 31.5 Å². The quantitative estimate of drug-likeness (QED) is 0.400. The van der Waals surface area contributed by atoms with Crippen LogP contribution in [0.5, 0.6) is 17.2 Å². The van der Waals surface area contributed by atoms with Crippen LogP contribution in [-0.4, -0.2) is 12.1 Å².